The lowest BCUT2D eigenvalue weighted by Gasteiger charge is -2.08. The minimum absolute atomic E-state index is 0.0817. The van der Waals surface area contributed by atoms with E-state index in [1.165, 1.54) is 0 Å². The number of hydrogen-bond donors (Lipinski definition) is 0. The fourth-order valence-corrected chi connectivity index (χ4v) is 3.12. The van der Waals surface area contributed by atoms with Crippen LogP contribution in [0.5, 0.6) is 0 Å². The number of rotatable bonds is 2. The maximum absolute atomic E-state index is 13.0. The molecule has 1 aliphatic rings. The van der Waals surface area contributed by atoms with Gasteiger partial charge in [0.25, 0.3) is 0 Å². The molecule has 5 rings (SSSR count). The largest absolute Gasteiger partial charge is 0.351 e. The first kappa shape index (κ1) is 14.5. The van der Waals surface area contributed by atoms with Crippen molar-refractivity contribution in [2.75, 3.05) is 0 Å². The highest BCUT2D eigenvalue weighted by Gasteiger charge is 2.42. The van der Waals surface area contributed by atoms with Crippen molar-refractivity contribution in [2.45, 2.75) is 0 Å². The zero-order valence-electron chi connectivity index (χ0n) is 13.3. The van der Waals surface area contributed by atoms with Gasteiger partial charge >= 0.3 is 0 Å². The van der Waals surface area contributed by atoms with E-state index < -0.39 is 11.6 Å². The minimum Gasteiger partial charge on any atom is -0.351 e. The lowest BCUT2D eigenvalue weighted by Crippen LogP contribution is -2.18. The Morgan fingerprint density at radius 2 is 0.962 bits per heavy atom. The number of benzene rings is 2. The van der Waals surface area contributed by atoms with Gasteiger partial charge in [-0.1, -0.05) is 71.0 Å². The molecule has 2 aromatic heterocycles. The molecule has 0 saturated heterocycles. The third-order valence-corrected chi connectivity index (χ3v) is 4.35. The standard InChI is InChI=1S/C20H10N2O4/c23-17-13-15(11-7-3-1-4-8-11)21-25-19(13)18(24)14-16(22-26-20(14)17)12-9-5-2-6-10-12/h1-10H. The predicted octanol–water partition coefficient (Wildman–Crippen LogP) is 3.77. The molecule has 6 nitrogen and oxygen atoms in total. The molecular formula is C20H10N2O4. The SMILES string of the molecule is O=C1c2onc(-c3ccccc3)c2C(=O)c2onc(-c3ccccc3)c21. The van der Waals surface area contributed by atoms with E-state index in [1.807, 2.05) is 36.4 Å². The van der Waals surface area contributed by atoms with Gasteiger partial charge in [-0.2, -0.15) is 0 Å². The first-order chi connectivity index (χ1) is 12.8. The molecule has 0 fully saturated rings. The summed E-state index contributed by atoms with van der Waals surface area (Å²) in [6.07, 6.45) is 0. The zero-order valence-corrected chi connectivity index (χ0v) is 13.3. The highest BCUT2D eigenvalue weighted by molar-refractivity contribution is 6.29. The molecule has 0 amide bonds. The summed E-state index contributed by atoms with van der Waals surface area (Å²) >= 11 is 0. The summed E-state index contributed by atoms with van der Waals surface area (Å²) < 4.78 is 10.5. The lowest BCUT2D eigenvalue weighted by molar-refractivity contribution is 0.0935. The van der Waals surface area contributed by atoms with Crippen LogP contribution in [0.2, 0.25) is 0 Å². The second-order valence-electron chi connectivity index (χ2n) is 5.86. The van der Waals surface area contributed by atoms with E-state index in [0.29, 0.717) is 22.5 Å². The summed E-state index contributed by atoms with van der Waals surface area (Å²) in [5, 5.41) is 7.91. The summed E-state index contributed by atoms with van der Waals surface area (Å²) in [7, 11) is 0. The predicted molar refractivity (Wildman–Crippen MR) is 90.7 cm³/mol. The molecule has 1 aliphatic carbocycles. The Hall–Kier alpha value is -3.80. The number of carbonyl (C=O) groups is 2. The summed E-state index contributed by atoms with van der Waals surface area (Å²) in [4.78, 5) is 25.9. The van der Waals surface area contributed by atoms with Gasteiger partial charge in [-0.3, -0.25) is 9.59 Å². The molecule has 2 aromatic carbocycles. The van der Waals surface area contributed by atoms with Gasteiger partial charge in [0.15, 0.2) is 0 Å². The third-order valence-electron chi connectivity index (χ3n) is 4.35. The first-order valence-corrected chi connectivity index (χ1v) is 7.95. The van der Waals surface area contributed by atoms with Crippen molar-refractivity contribution in [1.82, 2.24) is 10.3 Å². The topological polar surface area (TPSA) is 86.2 Å². The zero-order chi connectivity index (χ0) is 17.7. The van der Waals surface area contributed by atoms with Crippen LogP contribution in [0.1, 0.15) is 32.2 Å². The molecule has 0 aliphatic heterocycles. The van der Waals surface area contributed by atoms with E-state index >= 15 is 0 Å². The molecule has 0 spiro atoms. The summed E-state index contributed by atoms with van der Waals surface area (Å²) in [6, 6.07) is 18.1. The van der Waals surface area contributed by atoms with Crippen molar-refractivity contribution in [2.24, 2.45) is 0 Å². The minimum atomic E-state index is -0.454. The maximum atomic E-state index is 13.0. The number of fused-ring (bicyclic) bond motifs is 2. The van der Waals surface area contributed by atoms with Gasteiger partial charge in [-0.15, -0.1) is 0 Å². The molecule has 0 unspecified atom stereocenters. The monoisotopic (exact) mass is 342 g/mol. The van der Waals surface area contributed by atoms with Gasteiger partial charge < -0.3 is 9.05 Å². The van der Waals surface area contributed by atoms with E-state index in [4.69, 9.17) is 9.05 Å². The van der Waals surface area contributed by atoms with Crippen molar-refractivity contribution >= 4 is 11.6 Å². The number of hydrogen-bond acceptors (Lipinski definition) is 6. The first-order valence-electron chi connectivity index (χ1n) is 7.95. The lowest BCUT2D eigenvalue weighted by atomic mass is 9.88. The van der Waals surface area contributed by atoms with Crippen LogP contribution in [0.25, 0.3) is 22.5 Å². The van der Waals surface area contributed by atoms with Crippen LogP contribution in [0.15, 0.2) is 69.7 Å². The summed E-state index contributed by atoms with van der Waals surface area (Å²) in [5.74, 6) is -1.07. The molecule has 26 heavy (non-hydrogen) atoms. The van der Waals surface area contributed by atoms with Crippen molar-refractivity contribution in [1.29, 1.82) is 0 Å². The van der Waals surface area contributed by atoms with Crippen molar-refractivity contribution in [3.8, 4) is 22.5 Å². The molecule has 0 saturated carbocycles. The molecule has 4 aromatic rings. The van der Waals surface area contributed by atoms with Gasteiger partial charge in [-0.05, 0) is 0 Å². The highest BCUT2D eigenvalue weighted by atomic mass is 16.5. The number of ketones is 2. The van der Waals surface area contributed by atoms with Crippen molar-refractivity contribution in [3.63, 3.8) is 0 Å². The number of aromatic nitrogens is 2. The second kappa shape index (κ2) is 5.35. The van der Waals surface area contributed by atoms with E-state index in [2.05, 4.69) is 10.3 Å². The number of nitrogens with zero attached hydrogens (tertiary/aromatic N) is 2. The Morgan fingerprint density at radius 1 is 0.577 bits per heavy atom. The quantitative estimate of drug-likeness (QED) is 0.485. The van der Waals surface area contributed by atoms with Gasteiger partial charge in [0.2, 0.25) is 23.1 Å². The van der Waals surface area contributed by atoms with Gasteiger partial charge in [0.05, 0.1) is 0 Å². The van der Waals surface area contributed by atoms with Crippen LogP contribution in [-0.2, 0) is 0 Å². The smallest absolute Gasteiger partial charge is 0.238 e. The van der Waals surface area contributed by atoms with Crippen molar-refractivity contribution < 1.29 is 18.6 Å². The molecule has 0 atom stereocenters. The fraction of sp³-hybridized carbons (Fsp3) is 0. The van der Waals surface area contributed by atoms with Crippen LogP contribution in [0, 0.1) is 0 Å². The van der Waals surface area contributed by atoms with Crippen molar-refractivity contribution in [3.05, 3.63) is 83.3 Å². The average molecular weight is 342 g/mol. The molecule has 0 N–H and O–H groups in total. The van der Waals surface area contributed by atoms with E-state index in [1.54, 1.807) is 24.3 Å². The normalized spacial score (nSPS) is 12.8. The molecule has 2 heterocycles. The van der Waals surface area contributed by atoms with Crippen LogP contribution in [0.3, 0.4) is 0 Å². The van der Waals surface area contributed by atoms with Crippen LogP contribution in [-0.4, -0.2) is 21.9 Å². The molecule has 0 bridgehead atoms. The summed E-state index contributed by atoms with van der Waals surface area (Å²) in [5.41, 5.74) is 2.24. The fourth-order valence-electron chi connectivity index (χ4n) is 3.12. The third kappa shape index (κ3) is 1.92. The highest BCUT2D eigenvalue weighted by Crippen LogP contribution is 2.37. The maximum Gasteiger partial charge on any atom is 0.238 e. The Labute approximate surface area is 147 Å². The molecule has 6 heteroatoms. The van der Waals surface area contributed by atoms with E-state index in [9.17, 15) is 9.59 Å². The van der Waals surface area contributed by atoms with Crippen LogP contribution < -0.4 is 0 Å². The summed E-state index contributed by atoms with van der Waals surface area (Å²) in [6.45, 7) is 0. The second-order valence-corrected chi connectivity index (χ2v) is 5.86. The Balaban J connectivity index is 1.70. The Kier molecular flexibility index (Phi) is 2.99. The Morgan fingerprint density at radius 3 is 1.35 bits per heavy atom. The van der Waals surface area contributed by atoms with Crippen LogP contribution in [0.4, 0.5) is 0 Å². The van der Waals surface area contributed by atoms with Gasteiger partial charge in [0.1, 0.15) is 22.5 Å². The van der Waals surface area contributed by atoms with E-state index in [-0.39, 0.29) is 22.6 Å². The number of carbonyl (C=O) groups excluding carboxylic acids is 2. The Bertz CT molecular complexity index is 1060. The molecular weight excluding hydrogens is 332 g/mol. The molecule has 124 valence electrons. The van der Waals surface area contributed by atoms with E-state index in [0.717, 1.165) is 0 Å². The molecule has 0 radical (unpaired) electrons. The van der Waals surface area contributed by atoms with Gasteiger partial charge in [0, 0.05) is 11.1 Å². The van der Waals surface area contributed by atoms with Crippen LogP contribution >= 0.6 is 0 Å². The average Bonchev–Trinajstić information content (AvgIpc) is 3.33. The van der Waals surface area contributed by atoms with Gasteiger partial charge in [-0.25, -0.2) is 0 Å².